The highest BCUT2D eigenvalue weighted by molar-refractivity contribution is 5.82. The second-order valence-electron chi connectivity index (χ2n) is 7.66. The Balaban J connectivity index is 1.98. The molecule has 0 amide bonds. The van der Waals surface area contributed by atoms with Crippen molar-refractivity contribution in [2.75, 3.05) is 43.7 Å². The molecule has 3 rings (SSSR count). The number of nitrogen functional groups attached to an aromatic ring is 2. The summed E-state index contributed by atoms with van der Waals surface area (Å²) in [4.78, 5) is 6.04. The fourth-order valence-corrected chi connectivity index (χ4v) is 3.85. The van der Waals surface area contributed by atoms with Crippen LogP contribution in [0.4, 0.5) is 34.8 Å². The molecule has 29 heavy (non-hydrogen) atoms. The number of anilines is 3. The van der Waals surface area contributed by atoms with Crippen LogP contribution in [0.5, 0.6) is 0 Å². The Morgan fingerprint density at radius 2 is 1.90 bits per heavy atom. The molecule has 1 aliphatic carbocycles. The lowest BCUT2D eigenvalue weighted by molar-refractivity contribution is -0.139. The highest BCUT2D eigenvalue weighted by Gasteiger charge is 2.38. The van der Waals surface area contributed by atoms with Gasteiger partial charge in [0.25, 0.3) is 0 Å². The first-order valence-corrected chi connectivity index (χ1v) is 9.19. The maximum Gasteiger partial charge on any atom is 0.419 e. The lowest BCUT2D eigenvalue weighted by atomic mass is 9.69. The van der Waals surface area contributed by atoms with Gasteiger partial charge in [0, 0.05) is 31.7 Å². The smallest absolute Gasteiger partial charge is 0.394 e. The molecule has 1 aliphatic rings. The zero-order chi connectivity index (χ0) is 21.4. The maximum absolute atomic E-state index is 13.6. The number of alkyl halides is 3. The van der Waals surface area contributed by atoms with Gasteiger partial charge in [0.2, 0.25) is 0 Å². The average molecular weight is 412 g/mol. The van der Waals surface area contributed by atoms with Crippen molar-refractivity contribution in [3.05, 3.63) is 35.6 Å². The van der Waals surface area contributed by atoms with Gasteiger partial charge >= 0.3 is 6.18 Å². The van der Waals surface area contributed by atoms with Gasteiger partial charge in [0.05, 0.1) is 29.2 Å². The summed E-state index contributed by atoms with van der Waals surface area (Å²) in [5.74, 6) is -1.33. The number of aromatic nitrogens is 1. The first kappa shape index (κ1) is 21.2. The Labute approximate surface area is 166 Å². The largest absolute Gasteiger partial charge is 0.419 e. The van der Waals surface area contributed by atoms with E-state index in [1.807, 2.05) is 11.9 Å². The number of hydrogen-bond donors (Lipinski definition) is 2. The van der Waals surface area contributed by atoms with Crippen LogP contribution >= 0.6 is 0 Å². The predicted octanol–water partition coefficient (Wildman–Crippen LogP) is 4.32. The second-order valence-corrected chi connectivity index (χ2v) is 7.66. The molecule has 1 fully saturated rings. The van der Waals surface area contributed by atoms with E-state index in [-0.39, 0.29) is 28.2 Å². The molecule has 0 bridgehead atoms. The van der Waals surface area contributed by atoms with Crippen LogP contribution in [0.2, 0.25) is 0 Å². The molecule has 158 valence electrons. The van der Waals surface area contributed by atoms with Crippen LogP contribution in [0.15, 0.2) is 24.3 Å². The minimum Gasteiger partial charge on any atom is -0.394 e. The Hall–Kier alpha value is -2.55. The van der Waals surface area contributed by atoms with Crippen molar-refractivity contribution in [1.82, 2.24) is 4.98 Å². The van der Waals surface area contributed by atoms with Crippen LogP contribution in [0.25, 0.3) is 11.3 Å². The molecular weight excluding hydrogens is 388 g/mol. The highest BCUT2D eigenvalue weighted by atomic mass is 19.4. The standard InChI is InChI=1S/C20H24F4N4O/c1-28(10-19(11-29-2)6-3-7-19)16-9-15(27-18(26)17(16)25)12-4-5-14(21)13(8-12)20(22,23)24/h4-5,8-9H,3,6-7,10-11,25H2,1-2H3,(H2,26,27). The van der Waals surface area contributed by atoms with E-state index in [4.69, 9.17) is 16.2 Å². The fraction of sp³-hybridized carbons (Fsp3) is 0.450. The Morgan fingerprint density at radius 3 is 2.45 bits per heavy atom. The van der Waals surface area contributed by atoms with E-state index in [9.17, 15) is 17.6 Å². The molecule has 5 nitrogen and oxygen atoms in total. The SMILES string of the molecule is COCC1(CN(C)c2cc(-c3ccc(F)c(C(F)(F)F)c3)nc(N)c2N)CCC1. The number of hydrogen-bond acceptors (Lipinski definition) is 5. The maximum atomic E-state index is 13.6. The predicted molar refractivity (Wildman–Crippen MR) is 105 cm³/mol. The summed E-state index contributed by atoms with van der Waals surface area (Å²) in [6.45, 7) is 1.27. The molecule has 1 aromatic carbocycles. The minimum absolute atomic E-state index is 0.00741. The quantitative estimate of drug-likeness (QED) is 0.691. The number of methoxy groups -OCH3 is 1. The van der Waals surface area contributed by atoms with Crippen molar-refractivity contribution in [2.45, 2.75) is 25.4 Å². The van der Waals surface area contributed by atoms with E-state index in [2.05, 4.69) is 4.98 Å². The number of nitrogens with zero attached hydrogens (tertiary/aromatic N) is 2. The van der Waals surface area contributed by atoms with Gasteiger partial charge in [-0.1, -0.05) is 6.42 Å². The number of halogens is 4. The number of pyridine rings is 1. The lowest BCUT2D eigenvalue weighted by Gasteiger charge is -2.44. The third kappa shape index (κ3) is 4.24. The van der Waals surface area contributed by atoms with Crippen LogP contribution < -0.4 is 16.4 Å². The normalized spacial score (nSPS) is 15.8. The van der Waals surface area contributed by atoms with Crippen LogP contribution in [-0.4, -0.2) is 32.3 Å². The highest BCUT2D eigenvalue weighted by Crippen LogP contribution is 2.43. The van der Waals surface area contributed by atoms with Gasteiger partial charge in [0.15, 0.2) is 0 Å². The zero-order valence-corrected chi connectivity index (χ0v) is 16.3. The monoisotopic (exact) mass is 412 g/mol. The van der Waals surface area contributed by atoms with Gasteiger partial charge < -0.3 is 21.1 Å². The van der Waals surface area contributed by atoms with Crippen LogP contribution in [-0.2, 0) is 10.9 Å². The van der Waals surface area contributed by atoms with Gasteiger partial charge in [-0.2, -0.15) is 13.2 Å². The summed E-state index contributed by atoms with van der Waals surface area (Å²) >= 11 is 0. The van der Waals surface area contributed by atoms with Gasteiger partial charge in [0.1, 0.15) is 11.6 Å². The Morgan fingerprint density at radius 1 is 1.21 bits per heavy atom. The van der Waals surface area contributed by atoms with E-state index in [0.29, 0.717) is 18.8 Å². The molecule has 0 aliphatic heterocycles. The van der Waals surface area contributed by atoms with E-state index in [1.165, 1.54) is 6.07 Å². The third-order valence-corrected chi connectivity index (χ3v) is 5.48. The summed E-state index contributed by atoms with van der Waals surface area (Å²) in [6, 6.07) is 4.33. The molecule has 1 aromatic heterocycles. The van der Waals surface area contributed by atoms with Crippen molar-refractivity contribution >= 4 is 17.2 Å². The second kappa shape index (κ2) is 7.70. The summed E-state index contributed by atoms with van der Waals surface area (Å²) in [5.41, 5.74) is 11.8. The fourth-order valence-electron chi connectivity index (χ4n) is 3.85. The van der Waals surface area contributed by atoms with E-state index < -0.39 is 17.6 Å². The Bertz CT molecular complexity index is 897. The van der Waals surface area contributed by atoms with Gasteiger partial charge in [-0.25, -0.2) is 9.37 Å². The number of rotatable bonds is 6. The first-order valence-electron chi connectivity index (χ1n) is 9.19. The van der Waals surface area contributed by atoms with Crippen molar-refractivity contribution in [2.24, 2.45) is 5.41 Å². The van der Waals surface area contributed by atoms with Crippen LogP contribution in [0.1, 0.15) is 24.8 Å². The van der Waals surface area contributed by atoms with Crippen molar-refractivity contribution in [3.8, 4) is 11.3 Å². The number of ether oxygens (including phenoxy) is 1. The average Bonchev–Trinajstić information content (AvgIpc) is 2.61. The first-order chi connectivity index (χ1) is 13.6. The van der Waals surface area contributed by atoms with E-state index in [0.717, 1.165) is 31.4 Å². The van der Waals surface area contributed by atoms with Crippen LogP contribution in [0, 0.1) is 11.2 Å². The zero-order valence-electron chi connectivity index (χ0n) is 16.3. The van der Waals surface area contributed by atoms with E-state index in [1.54, 1.807) is 13.2 Å². The summed E-state index contributed by atoms with van der Waals surface area (Å²) in [6.07, 6.45) is -1.65. The molecule has 9 heteroatoms. The molecule has 0 spiro atoms. The lowest BCUT2D eigenvalue weighted by Crippen LogP contribution is -2.44. The third-order valence-electron chi connectivity index (χ3n) is 5.48. The van der Waals surface area contributed by atoms with Gasteiger partial charge in [-0.15, -0.1) is 0 Å². The van der Waals surface area contributed by atoms with Crippen LogP contribution in [0.3, 0.4) is 0 Å². The molecule has 0 unspecified atom stereocenters. The summed E-state index contributed by atoms with van der Waals surface area (Å²) < 4.78 is 58.2. The molecule has 1 heterocycles. The van der Waals surface area contributed by atoms with Crippen molar-refractivity contribution < 1.29 is 22.3 Å². The van der Waals surface area contributed by atoms with Gasteiger partial charge in [-0.05, 0) is 37.1 Å². The number of nitrogens with two attached hydrogens (primary N) is 2. The molecular formula is C20H24F4N4O. The topological polar surface area (TPSA) is 77.4 Å². The van der Waals surface area contributed by atoms with Crippen molar-refractivity contribution in [3.63, 3.8) is 0 Å². The Kier molecular flexibility index (Phi) is 5.62. The van der Waals surface area contributed by atoms with E-state index >= 15 is 0 Å². The molecule has 4 N–H and O–H groups in total. The molecule has 0 atom stereocenters. The molecule has 0 saturated heterocycles. The number of benzene rings is 1. The van der Waals surface area contributed by atoms with Crippen molar-refractivity contribution in [1.29, 1.82) is 0 Å². The summed E-state index contributed by atoms with van der Waals surface area (Å²) in [7, 11) is 3.50. The van der Waals surface area contributed by atoms with Gasteiger partial charge in [-0.3, -0.25) is 0 Å². The molecule has 2 aromatic rings. The minimum atomic E-state index is -4.81. The molecule has 0 radical (unpaired) electrons. The summed E-state index contributed by atoms with van der Waals surface area (Å²) in [5, 5.41) is 0. The molecule has 1 saturated carbocycles.